The number of amides is 2. The standard InChI is InChI=1S/C30H43N3O6/c1-3-8-22-11-12-24-26(25(22)30(37)39-4-2)29(36)33(23(20-34)19-21-9-6-5-7-10-21)27(24)28(35)31-13-14-32-15-17-38-18-16-32/h5-7,9-12,22-27,34H,3-4,8,13-20H2,1-2H3,(H,31,35)/t22-,23-,24+,25-,26+,27+/m1/s1. The van der Waals surface area contributed by atoms with E-state index in [-0.39, 0.29) is 36.9 Å². The van der Waals surface area contributed by atoms with Crippen LogP contribution in [0.2, 0.25) is 0 Å². The molecule has 9 nitrogen and oxygen atoms in total. The molecule has 2 N–H and O–H groups in total. The average molecular weight is 542 g/mol. The number of nitrogens with zero attached hydrogens (tertiary/aromatic N) is 2. The van der Waals surface area contributed by atoms with Crippen LogP contribution in [0.25, 0.3) is 0 Å². The highest BCUT2D eigenvalue weighted by Gasteiger charge is 2.58. The maximum Gasteiger partial charge on any atom is 0.310 e. The van der Waals surface area contributed by atoms with E-state index in [0.29, 0.717) is 32.7 Å². The van der Waals surface area contributed by atoms with Gasteiger partial charge in [0.2, 0.25) is 11.8 Å². The van der Waals surface area contributed by atoms with Crippen molar-refractivity contribution in [3.63, 3.8) is 0 Å². The highest BCUT2D eigenvalue weighted by Crippen LogP contribution is 2.46. The molecule has 0 saturated carbocycles. The molecule has 1 aliphatic carbocycles. The topological polar surface area (TPSA) is 108 Å². The fourth-order valence-corrected chi connectivity index (χ4v) is 6.41. The Kier molecular flexibility index (Phi) is 10.5. The number of rotatable bonds is 12. The number of benzene rings is 1. The van der Waals surface area contributed by atoms with Crippen molar-refractivity contribution in [3.8, 4) is 0 Å². The number of aliphatic hydroxyl groups is 1. The lowest BCUT2D eigenvalue weighted by Crippen LogP contribution is -2.54. The SMILES string of the molecule is CCC[C@@H]1C=C[C@H]2[C@H](C(=O)N([C@@H](CO)Cc3ccccc3)[C@@H]2C(=O)NCCN2CCOCC2)[C@@H]1C(=O)OCC. The Labute approximate surface area is 231 Å². The molecule has 2 fully saturated rings. The number of carbonyl (C=O) groups excluding carboxylic acids is 3. The van der Waals surface area contributed by atoms with E-state index in [2.05, 4.69) is 17.1 Å². The van der Waals surface area contributed by atoms with Gasteiger partial charge in [0.1, 0.15) is 6.04 Å². The number of allylic oxidation sites excluding steroid dienone is 1. The van der Waals surface area contributed by atoms with Crippen LogP contribution in [0.5, 0.6) is 0 Å². The molecule has 9 heteroatoms. The summed E-state index contributed by atoms with van der Waals surface area (Å²) in [5.74, 6) is -2.87. The van der Waals surface area contributed by atoms with Crippen LogP contribution in [-0.2, 0) is 30.3 Å². The summed E-state index contributed by atoms with van der Waals surface area (Å²) in [4.78, 5) is 45.1. The number of nitrogens with one attached hydrogen (secondary N) is 1. The van der Waals surface area contributed by atoms with Gasteiger partial charge in [-0.1, -0.05) is 55.8 Å². The molecule has 1 aromatic rings. The van der Waals surface area contributed by atoms with Crippen molar-refractivity contribution >= 4 is 17.8 Å². The highest BCUT2D eigenvalue weighted by atomic mass is 16.5. The summed E-state index contributed by atoms with van der Waals surface area (Å²) in [7, 11) is 0. The molecule has 2 amide bonds. The Morgan fingerprint density at radius 3 is 2.56 bits per heavy atom. The number of aliphatic hydroxyl groups excluding tert-OH is 1. The number of morpholine rings is 1. The minimum atomic E-state index is -0.816. The Bertz CT molecular complexity index is 996. The van der Waals surface area contributed by atoms with Crippen LogP contribution in [-0.4, -0.2) is 97.4 Å². The number of carbonyl (C=O) groups is 3. The zero-order valence-electron chi connectivity index (χ0n) is 23.2. The number of fused-ring (bicyclic) bond motifs is 1. The van der Waals surface area contributed by atoms with Gasteiger partial charge in [-0.2, -0.15) is 0 Å². The van der Waals surface area contributed by atoms with Crippen molar-refractivity contribution in [1.29, 1.82) is 0 Å². The van der Waals surface area contributed by atoms with Crippen LogP contribution < -0.4 is 5.32 Å². The van der Waals surface area contributed by atoms with Gasteiger partial charge in [-0.15, -0.1) is 0 Å². The van der Waals surface area contributed by atoms with Gasteiger partial charge in [-0.05, 0) is 31.2 Å². The lowest BCUT2D eigenvalue weighted by Gasteiger charge is -2.34. The van der Waals surface area contributed by atoms with Gasteiger partial charge in [-0.25, -0.2) is 0 Å². The van der Waals surface area contributed by atoms with Gasteiger partial charge in [0.25, 0.3) is 0 Å². The van der Waals surface area contributed by atoms with Crippen LogP contribution in [0, 0.1) is 23.7 Å². The molecule has 0 bridgehead atoms. The van der Waals surface area contributed by atoms with E-state index < -0.39 is 29.8 Å². The maximum atomic E-state index is 14.2. The predicted octanol–water partition coefficient (Wildman–Crippen LogP) is 1.65. The van der Waals surface area contributed by atoms with E-state index >= 15 is 0 Å². The monoisotopic (exact) mass is 541 g/mol. The van der Waals surface area contributed by atoms with Gasteiger partial charge in [-0.3, -0.25) is 19.3 Å². The molecule has 6 atom stereocenters. The molecule has 2 aliphatic heterocycles. The summed E-state index contributed by atoms with van der Waals surface area (Å²) in [6, 6.07) is 8.24. The molecular weight excluding hydrogens is 498 g/mol. The molecule has 0 radical (unpaired) electrons. The minimum Gasteiger partial charge on any atom is -0.466 e. The lowest BCUT2D eigenvalue weighted by molar-refractivity contribution is -0.156. The van der Waals surface area contributed by atoms with Crippen molar-refractivity contribution in [3.05, 3.63) is 48.0 Å². The van der Waals surface area contributed by atoms with Gasteiger partial charge in [0.05, 0.1) is 44.3 Å². The highest BCUT2D eigenvalue weighted by molar-refractivity contribution is 5.96. The van der Waals surface area contributed by atoms with Crippen molar-refractivity contribution < 1.29 is 29.0 Å². The lowest BCUT2D eigenvalue weighted by atomic mass is 9.69. The quantitative estimate of drug-likeness (QED) is 0.306. The third-order valence-corrected chi connectivity index (χ3v) is 8.25. The molecule has 39 heavy (non-hydrogen) atoms. The summed E-state index contributed by atoms with van der Waals surface area (Å²) in [6.45, 7) is 7.89. The smallest absolute Gasteiger partial charge is 0.310 e. The van der Waals surface area contributed by atoms with Gasteiger partial charge < -0.3 is 24.8 Å². The van der Waals surface area contributed by atoms with E-state index in [4.69, 9.17) is 9.47 Å². The van der Waals surface area contributed by atoms with E-state index in [1.54, 1.807) is 11.8 Å². The second-order valence-corrected chi connectivity index (χ2v) is 10.7. The third-order valence-electron chi connectivity index (χ3n) is 8.25. The fourth-order valence-electron chi connectivity index (χ4n) is 6.41. The number of esters is 1. The molecule has 0 aromatic heterocycles. The summed E-state index contributed by atoms with van der Waals surface area (Å²) >= 11 is 0. The first-order valence-corrected chi connectivity index (χ1v) is 14.4. The molecule has 2 saturated heterocycles. The molecule has 3 aliphatic rings. The van der Waals surface area contributed by atoms with Crippen molar-refractivity contribution in [2.45, 2.75) is 45.2 Å². The number of likely N-dealkylation sites (tertiary alicyclic amines) is 1. The Morgan fingerprint density at radius 2 is 1.90 bits per heavy atom. The van der Waals surface area contributed by atoms with Crippen LogP contribution in [0.4, 0.5) is 0 Å². The molecule has 0 unspecified atom stereocenters. The van der Waals surface area contributed by atoms with Gasteiger partial charge in [0, 0.05) is 32.1 Å². The number of ether oxygens (including phenoxy) is 2. The fraction of sp³-hybridized carbons (Fsp3) is 0.633. The van der Waals surface area contributed by atoms with Crippen LogP contribution in [0.15, 0.2) is 42.5 Å². The van der Waals surface area contributed by atoms with Crippen molar-refractivity contribution in [1.82, 2.24) is 15.1 Å². The van der Waals surface area contributed by atoms with E-state index in [1.807, 2.05) is 42.5 Å². The molecule has 214 valence electrons. The van der Waals surface area contributed by atoms with Crippen molar-refractivity contribution in [2.24, 2.45) is 23.7 Å². The average Bonchev–Trinajstić information content (AvgIpc) is 3.25. The van der Waals surface area contributed by atoms with E-state index in [9.17, 15) is 19.5 Å². The van der Waals surface area contributed by atoms with Crippen LogP contribution in [0.1, 0.15) is 32.3 Å². The molecule has 0 spiro atoms. The van der Waals surface area contributed by atoms with Gasteiger partial charge >= 0.3 is 5.97 Å². The Morgan fingerprint density at radius 1 is 1.15 bits per heavy atom. The second kappa shape index (κ2) is 14.1. The first kappa shape index (κ1) is 29.2. The summed E-state index contributed by atoms with van der Waals surface area (Å²) in [5, 5.41) is 13.5. The Balaban J connectivity index is 1.63. The van der Waals surface area contributed by atoms with E-state index in [1.165, 1.54) is 0 Å². The van der Waals surface area contributed by atoms with Crippen LogP contribution in [0.3, 0.4) is 0 Å². The molecule has 2 heterocycles. The Hall–Kier alpha value is -2.75. The number of hydrogen-bond acceptors (Lipinski definition) is 7. The third kappa shape index (κ3) is 6.70. The maximum absolute atomic E-state index is 14.2. The largest absolute Gasteiger partial charge is 0.466 e. The molecule has 1 aromatic carbocycles. The normalized spacial score (nSPS) is 27.7. The van der Waals surface area contributed by atoms with E-state index in [0.717, 1.165) is 31.5 Å². The summed E-state index contributed by atoms with van der Waals surface area (Å²) in [5.41, 5.74) is 0.965. The number of hydrogen-bond donors (Lipinski definition) is 2. The first-order chi connectivity index (χ1) is 19.0. The second-order valence-electron chi connectivity index (χ2n) is 10.7. The summed E-state index contributed by atoms with van der Waals surface area (Å²) in [6.07, 6.45) is 5.98. The predicted molar refractivity (Wildman–Crippen MR) is 147 cm³/mol. The minimum absolute atomic E-state index is 0.133. The van der Waals surface area contributed by atoms with Crippen molar-refractivity contribution in [2.75, 3.05) is 52.6 Å². The molecule has 4 rings (SSSR count). The first-order valence-electron chi connectivity index (χ1n) is 14.4. The summed E-state index contributed by atoms with van der Waals surface area (Å²) < 4.78 is 10.9. The zero-order chi connectivity index (χ0) is 27.8. The molecular formula is C30H43N3O6. The van der Waals surface area contributed by atoms with Gasteiger partial charge in [0.15, 0.2) is 0 Å². The van der Waals surface area contributed by atoms with Crippen LogP contribution >= 0.6 is 0 Å². The zero-order valence-corrected chi connectivity index (χ0v) is 23.2.